The van der Waals surface area contributed by atoms with E-state index in [9.17, 15) is 4.79 Å². The molecule has 0 saturated carbocycles. The molecule has 2 aliphatic heterocycles. The van der Waals surface area contributed by atoms with Crippen molar-refractivity contribution in [2.45, 2.75) is 13.0 Å². The number of fused-ring (bicyclic) bond motifs is 3. The van der Waals surface area contributed by atoms with Crippen LogP contribution in [-0.2, 0) is 13.0 Å². The summed E-state index contributed by atoms with van der Waals surface area (Å²) >= 11 is 6.07. The van der Waals surface area contributed by atoms with Crippen molar-refractivity contribution in [3.8, 4) is 17.2 Å². The molecule has 2 heterocycles. The molecular formula is C26H22ClNO4. The van der Waals surface area contributed by atoms with Crippen LogP contribution < -0.4 is 14.2 Å². The Hall–Kier alpha value is -3.28. The van der Waals surface area contributed by atoms with E-state index in [4.69, 9.17) is 25.8 Å². The minimum Gasteiger partial charge on any atom is -0.496 e. The van der Waals surface area contributed by atoms with Gasteiger partial charge in [0.15, 0.2) is 5.76 Å². The van der Waals surface area contributed by atoms with E-state index in [0.717, 1.165) is 41.2 Å². The molecule has 0 atom stereocenters. The summed E-state index contributed by atoms with van der Waals surface area (Å²) in [5, 5.41) is 0.610. The van der Waals surface area contributed by atoms with Crippen molar-refractivity contribution in [3.05, 3.63) is 93.7 Å². The lowest BCUT2D eigenvalue weighted by Gasteiger charge is -2.29. The van der Waals surface area contributed by atoms with Crippen LogP contribution >= 0.6 is 11.6 Å². The monoisotopic (exact) mass is 447 g/mol. The number of Topliss-reactive ketones (excluding diaryl/α,β-unsaturated/α-hetero) is 1. The summed E-state index contributed by atoms with van der Waals surface area (Å²) in [6, 6.07) is 19.0. The van der Waals surface area contributed by atoms with E-state index >= 15 is 0 Å². The molecule has 3 aromatic rings. The second-order valence-corrected chi connectivity index (χ2v) is 8.24. The van der Waals surface area contributed by atoms with Crippen LogP contribution in [0, 0.1) is 0 Å². The number of rotatable bonds is 5. The fraction of sp³-hybridized carbons (Fsp3) is 0.192. The van der Waals surface area contributed by atoms with Gasteiger partial charge >= 0.3 is 0 Å². The molecule has 5 rings (SSSR count). The standard InChI is InChI=1S/C26H22ClNO4/c1-30-22-8-3-2-6-18(22)11-12-28-15-21-23(31-16-28)10-9-20-25(29)24(32-26(20)21)14-17-5-4-7-19(27)13-17/h2-10,13-14H,11-12,15-16H2,1H3/b24-14-. The van der Waals surface area contributed by atoms with Crippen molar-refractivity contribution in [3.63, 3.8) is 0 Å². The number of benzene rings is 3. The van der Waals surface area contributed by atoms with Crippen LogP contribution in [0.25, 0.3) is 6.08 Å². The van der Waals surface area contributed by atoms with E-state index in [-0.39, 0.29) is 5.78 Å². The van der Waals surface area contributed by atoms with Gasteiger partial charge in [-0.1, -0.05) is 41.9 Å². The molecule has 0 fully saturated rings. The predicted octanol–water partition coefficient (Wildman–Crippen LogP) is 5.36. The third kappa shape index (κ3) is 3.97. The summed E-state index contributed by atoms with van der Waals surface area (Å²) in [7, 11) is 1.69. The molecule has 2 aliphatic rings. The lowest BCUT2D eigenvalue weighted by Crippen LogP contribution is -2.33. The summed E-state index contributed by atoms with van der Waals surface area (Å²) < 4.78 is 17.5. The van der Waals surface area contributed by atoms with Crippen LogP contribution in [0.1, 0.15) is 27.0 Å². The molecular weight excluding hydrogens is 426 g/mol. The van der Waals surface area contributed by atoms with Crippen LogP contribution in [0.5, 0.6) is 17.2 Å². The fourth-order valence-electron chi connectivity index (χ4n) is 4.08. The third-order valence-corrected chi connectivity index (χ3v) is 5.95. The van der Waals surface area contributed by atoms with Gasteiger partial charge in [0, 0.05) is 18.1 Å². The Balaban J connectivity index is 1.36. The van der Waals surface area contributed by atoms with E-state index in [1.807, 2.05) is 36.4 Å². The molecule has 162 valence electrons. The summed E-state index contributed by atoms with van der Waals surface area (Å²) in [5.41, 5.74) is 3.43. The van der Waals surface area contributed by atoms with Gasteiger partial charge < -0.3 is 14.2 Å². The van der Waals surface area contributed by atoms with Crippen LogP contribution in [-0.4, -0.2) is 31.1 Å². The van der Waals surface area contributed by atoms with Crippen molar-refractivity contribution < 1.29 is 19.0 Å². The maximum absolute atomic E-state index is 12.9. The average Bonchev–Trinajstić information content (AvgIpc) is 3.13. The number of para-hydroxylation sites is 1. The minimum atomic E-state index is -0.131. The number of carbonyl (C=O) groups excluding carboxylic acids is 1. The first kappa shape index (κ1) is 20.6. The molecule has 0 saturated heterocycles. The molecule has 0 aliphatic carbocycles. The Morgan fingerprint density at radius 1 is 1.12 bits per heavy atom. The number of methoxy groups -OCH3 is 1. The van der Waals surface area contributed by atoms with Crippen molar-refractivity contribution in [2.75, 3.05) is 20.4 Å². The number of hydrogen-bond acceptors (Lipinski definition) is 5. The average molecular weight is 448 g/mol. The van der Waals surface area contributed by atoms with Gasteiger partial charge in [-0.2, -0.15) is 0 Å². The van der Waals surface area contributed by atoms with Gasteiger partial charge in [0.2, 0.25) is 5.78 Å². The van der Waals surface area contributed by atoms with Crippen LogP contribution in [0.4, 0.5) is 0 Å². The van der Waals surface area contributed by atoms with E-state index in [2.05, 4.69) is 11.0 Å². The Morgan fingerprint density at radius 2 is 2.00 bits per heavy atom. The zero-order chi connectivity index (χ0) is 22.1. The van der Waals surface area contributed by atoms with Gasteiger partial charge in [0.25, 0.3) is 0 Å². The zero-order valence-electron chi connectivity index (χ0n) is 17.6. The van der Waals surface area contributed by atoms with Gasteiger partial charge in [-0.05, 0) is 54.0 Å². The molecule has 0 bridgehead atoms. The van der Waals surface area contributed by atoms with Gasteiger partial charge in [0.05, 0.1) is 18.2 Å². The third-order valence-electron chi connectivity index (χ3n) is 5.72. The van der Waals surface area contributed by atoms with Gasteiger partial charge in [-0.15, -0.1) is 0 Å². The van der Waals surface area contributed by atoms with Crippen molar-refractivity contribution in [2.24, 2.45) is 0 Å². The molecule has 0 aromatic heterocycles. The Morgan fingerprint density at radius 3 is 2.84 bits per heavy atom. The topological polar surface area (TPSA) is 48.0 Å². The quantitative estimate of drug-likeness (QED) is 0.493. The molecule has 0 amide bonds. The Labute approximate surface area is 191 Å². The highest BCUT2D eigenvalue weighted by molar-refractivity contribution is 6.30. The van der Waals surface area contributed by atoms with E-state index in [0.29, 0.717) is 35.4 Å². The summed E-state index contributed by atoms with van der Waals surface area (Å²) in [5.74, 6) is 2.39. The van der Waals surface area contributed by atoms with Crippen LogP contribution in [0.15, 0.2) is 66.4 Å². The largest absolute Gasteiger partial charge is 0.496 e. The summed E-state index contributed by atoms with van der Waals surface area (Å²) in [6.07, 6.45) is 2.56. The molecule has 5 nitrogen and oxygen atoms in total. The maximum atomic E-state index is 12.9. The highest BCUT2D eigenvalue weighted by Crippen LogP contribution is 2.42. The van der Waals surface area contributed by atoms with E-state index in [1.54, 1.807) is 31.4 Å². The highest BCUT2D eigenvalue weighted by Gasteiger charge is 2.33. The number of hydrogen-bond donors (Lipinski definition) is 0. The van der Waals surface area contributed by atoms with Gasteiger partial charge in [0.1, 0.15) is 24.0 Å². The normalized spacial score (nSPS) is 16.3. The Kier molecular flexibility index (Phi) is 5.60. The molecule has 0 radical (unpaired) electrons. The smallest absolute Gasteiger partial charge is 0.231 e. The first-order valence-corrected chi connectivity index (χ1v) is 10.8. The molecule has 3 aromatic carbocycles. The fourth-order valence-corrected chi connectivity index (χ4v) is 4.28. The Bertz CT molecular complexity index is 1220. The van der Waals surface area contributed by atoms with Gasteiger partial charge in [-0.25, -0.2) is 0 Å². The van der Waals surface area contributed by atoms with Crippen molar-refractivity contribution >= 4 is 23.5 Å². The SMILES string of the molecule is COc1ccccc1CCN1COc2ccc3c(c2C1)O/C(=C\c1cccc(Cl)c1)C3=O. The summed E-state index contributed by atoms with van der Waals surface area (Å²) in [4.78, 5) is 15.1. The minimum absolute atomic E-state index is 0.131. The predicted molar refractivity (Wildman–Crippen MR) is 123 cm³/mol. The first-order chi connectivity index (χ1) is 15.6. The van der Waals surface area contributed by atoms with E-state index in [1.165, 1.54) is 0 Å². The van der Waals surface area contributed by atoms with Crippen LogP contribution in [0.3, 0.4) is 0 Å². The van der Waals surface area contributed by atoms with Gasteiger partial charge in [-0.3, -0.25) is 9.69 Å². The van der Waals surface area contributed by atoms with Crippen LogP contribution in [0.2, 0.25) is 5.02 Å². The maximum Gasteiger partial charge on any atom is 0.231 e. The summed E-state index contributed by atoms with van der Waals surface area (Å²) in [6.45, 7) is 1.92. The molecule has 32 heavy (non-hydrogen) atoms. The molecule has 0 unspecified atom stereocenters. The number of carbonyl (C=O) groups is 1. The lowest BCUT2D eigenvalue weighted by molar-refractivity contribution is 0.0948. The number of nitrogens with zero attached hydrogens (tertiary/aromatic N) is 1. The number of allylic oxidation sites excluding steroid dienone is 1. The number of ether oxygens (including phenoxy) is 3. The number of halogens is 1. The zero-order valence-corrected chi connectivity index (χ0v) is 18.4. The molecule has 6 heteroatoms. The lowest BCUT2D eigenvalue weighted by atomic mass is 10.0. The number of ketones is 1. The highest BCUT2D eigenvalue weighted by atomic mass is 35.5. The molecule has 0 spiro atoms. The molecule has 0 N–H and O–H groups in total. The van der Waals surface area contributed by atoms with E-state index < -0.39 is 0 Å². The van der Waals surface area contributed by atoms with Crippen molar-refractivity contribution in [1.82, 2.24) is 4.90 Å². The second kappa shape index (κ2) is 8.69. The first-order valence-electron chi connectivity index (χ1n) is 10.4. The second-order valence-electron chi connectivity index (χ2n) is 7.80. The van der Waals surface area contributed by atoms with Crippen molar-refractivity contribution in [1.29, 1.82) is 0 Å².